The average Bonchev–Trinajstić information content (AvgIpc) is 3.46. The van der Waals surface area contributed by atoms with Crippen molar-refractivity contribution in [3.8, 4) is 0 Å². The van der Waals surface area contributed by atoms with E-state index < -0.39 is 0 Å². The molecule has 0 aliphatic carbocycles. The van der Waals surface area contributed by atoms with E-state index in [1.807, 2.05) is 23.1 Å². The summed E-state index contributed by atoms with van der Waals surface area (Å²) in [6, 6.07) is 5.47. The summed E-state index contributed by atoms with van der Waals surface area (Å²) in [7, 11) is 0. The molecule has 0 aromatic heterocycles. The van der Waals surface area contributed by atoms with Crippen molar-refractivity contribution in [3.05, 3.63) is 23.8 Å². The van der Waals surface area contributed by atoms with E-state index in [0.717, 1.165) is 96.7 Å². The van der Waals surface area contributed by atoms with Gasteiger partial charge >= 0.3 is 0 Å². The second-order valence-corrected chi connectivity index (χ2v) is 10.5. The SMILES string of the molecule is CCN1CCN(CCNC(=O)CN2C(=O)[C@@H]3CCCCN3c3ccc(C(=O)N4CCCC4)cc32)CC1. The van der Waals surface area contributed by atoms with Crippen LogP contribution in [0.3, 0.4) is 0 Å². The van der Waals surface area contributed by atoms with Crippen molar-refractivity contribution in [2.75, 3.05) is 81.8 Å². The van der Waals surface area contributed by atoms with Gasteiger partial charge in [0.25, 0.3) is 5.91 Å². The van der Waals surface area contributed by atoms with Gasteiger partial charge in [-0.2, -0.15) is 0 Å². The molecule has 0 saturated carbocycles. The Kier molecular flexibility index (Phi) is 7.76. The molecule has 0 unspecified atom stereocenters. The van der Waals surface area contributed by atoms with Gasteiger partial charge in [-0.05, 0) is 56.8 Å². The fraction of sp³-hybridized carbons (Fsp3) is 0.667. The number of benzene rings is 1. The quantitative estimate of drug-likeness (QED) is 0.615. The lowest BCUT2D eigenvalue weighted by Crippen LogP contribution is -2.57. The van der Waals surface area contributed by atoms with E-state index in [-0.39, 0.29) is 30.3 Å². The monoisotopic (exact) mass is 496 g/mol. The Morgan fingerprint density at radius 1 is 0.917 bits per heavy atom. The summed E-state index contributed by atoms with van der Waals surface area (Å²) in [4.78, 5) is 50.1. The van der Waals surface area contributed by atoms with Crippen molar-refractivity contribution in [3.63, 3.8) is 0 Å². The predicted octanol–water partition coefficient (Wildman–Crippen LogP) is 1.38. The van der Waals surface area contributed by atoms with Crippen molar-refractivity contribution < 1.29 is 14.4 Å². The lowest BCUT2D eigenvalue weighted by Gasteiger charge is -2.45. The number of rotatable bonds is 7. The fourth-order valence-electron chi connectivity index (χ4n) is 6.04. The first-order valence-electron chi connectivity index (χ1n) is 13.8. The molecule has 5 rings (SSSR count). The van der Waals surface area contributed by atoms with Crippen molar-refractivity contribution in [1.82, 2.24) is 20.0 Å². The van der Waals surface area contributed by atoms with E-state index in [0.29, 0.717) is 17.8 Å². The molecule has 36 heavy (non-hydrogen) atoms. The molecule has 1 aromatic rings. The van der Waals surface area contributed by atoms with Crippen LogP contribution in [-0.4, -0.2) is 110 Å². The molecule has 196 valence electrons. The predicted molar refractivity (Wildman–Crippen MR) is 140 cm³/mol. The Morgan fingerprint density at radius 2 is 1.64 bits per heavy atom. The first-order chi connectivity index (χ1) is 17.5. The summed E-state index contributed by atoms with van der Waals surface area (Å²) < 4.78 is 0. The second kappa shape index (κ2) is 11.2. The molecule has 4 aliphatic heterocycles. The van der Waals surface area contributed by atoms with Gasteiger partial charge < -0.3 is 20.0 Å². The Balaban J connectivity index is 1.28. The van der Waals surface area contributed by atoms with E-state index in [4.69, 9.17) is 0 Å². The van der Waals surface area contributed by atoms with E-state index in [9.17, 15) is 14.4 Å². The van der Waals surface area contributed by atoms with Crippen LogP contribution in [0.15, 0.2) is 18.2 Å². The normalized spacial score (nSPS) is 23.0. The summed E-state index contributed by atoms with van der Waals surface area (Å²) in [6.45, 7) is 11.2. The van der Waals surface area contributed by atoms with Gasteiger partial charge in [0.05, 0.1) is 11.4 Å². The molecule has 1 atom stereocenters. The molecule has 1 N–H and O–H groups in total. The Labute approximate surface area is 214 Å². The van der Waals surface area contributed by atoms with Gasteiger partial charge in [-0.3, -0.25) is 24.2 Å². The third-order valence-electron chi connectivity index (χ3n) is 8.23. The fourth-order valence-corrected chi connectivity index (χ4v) is 6.04. The summed E-state index contributed by atoms with van der Waals surface area (Å²) in [6.07, 6.45) is 4.93. The van der Waals surface area contributed by atoms with Crippen molar-refractivity contribution in [2.45, 2.75) is 45.1 Å². The Morgan fingerprint density at radius 3 is 2.39 bits per heavy atom. The summed E-state index contributed by atoms with van der Waals surface area (Å²) in [5.74, 6) is -0.170. The number of hydrogen-bond acceptors (Lipinski definition) is 6. The summed E-state index contributed by atoms with van der Waals surface area (Å²) in [5.41, 5.74) is 2.24. The minimum absolute atomic E-state index is 0.0103. The van der Waals surface area contributed by atoms with Crippen LogP contribution in [0, 0.1) is 0 Å². The number of piperazine rings is 1. The minimum Gasteiger partial charge on any atom is -0.358 e. The molecule has 4 heterocycles. The first-order valence-corrected chi connectivity index (χ1v) is 13.8. The van der Waals surface area contributed by atoms with Gasteiger partial charge in [0.1, 0.15) is 12.6 Å². The van der Waals surface area contributed by atoms with Crippen LogP contribution >= 0.6 is 0 Å². The second-order valence-electron chi connectivity index (χ2n) is 10.5. The Bertz CT molecular complexity index is 970. The number of anilines is 2. The van der Waals surface area contributed by atoms with Gasteiger partial charge in [0, 0.05) is 64.5 Å². The number of carbonyl (C=O) groups is 3. The number of likely N-dealkylation sites (N-methyl/N-ethyl adjacent to an activating group) is 1. The maximum Gasteiger partial charge on any atom is 0.253 e. The molecular formula is C27H40N6O3. The molecule has 3 fully saturated rings. The topological polar surface area (TPSA) is 79.4 Å². The summed E-state index contributed by atoms with van der Waals surface area (Å²) >= 11 is 0. The highest BCUT2D eigenvalue weighted by Gasteiger charge is 2.40. The average molecular weight is 497 g/mol. The van der Waals surface area contributed by atoms with Crippen LogP contribution in [0.1, 0.15) is 49.4 Å². The number of hydrogen-bond donors (Lipinski definition) is 1. The highest BCUT2D eigenvalue weighted by molar-refractivity contribution is 6.09. The van der Waals surface area contributed by atoms with Crippen LogP contribution < -0.4 is 15.1 Å². The molecular weight excluding hydrogens is 456 g/mol. The maximum absolute atomic E-state index is 13.6. The number of fused-ring (bicyclic) bond motifs is 3. The smallest absolute Gasteiger partial charge is 0.253 e. The van der Waals surface area contributed by atoms with E-state index in [2.05, 4.69) is 26.9 Å². The molecule has 0 bridgehead atoms. The largest absolute Gasteiger partial charge is 0.358 e. The van der Waals surface area contributed by atoms with Crippen LogP contribution in [-0.2, 0) is 9.59 Å². The van der Waals surface area contributed by atoms with Crippen LogP contribution in [0.4, 0.5) is 11.4 Å². The molecule has 3 amide bonds. The third kappa shape index (κ3) is 5.22. The lowest BCUT2D eigenvalue weighted by atomic mass is 9.95. The number of amides is 3. The first kappa shape index (κ1) is 25.0. The minimum atomic E-state index is -0.228. The van der Waals surface area contributed by atoms with Crippen molar-refractivity contribution >= 4 is 29.1 Å². The summed E-state index contributed by atoms with van der Waals surface area (Å²) in [5, 5.41) is 3.03. The van der Waals surface area contributed by atoms with Crippen molar-refractivity contribution in [2.24, 2.45) is 0 Å². The number of nitrogens with zero attached hydrogens (tertiary/aromatic N) is 5. The van der Waals surface area contributed by atoms with Crippen LogP contribution in [0.2, 0.25) is 0 Å². The zero-order chi connectivity index (χ0) is 25.1. The van der Waals surface area contributed by atoms with E-state index >= 15 is 0 Å². The van der Waals surface area contributed by atoms with Crippen molar-refractivity contribution in [1.29, 1.82) is 0 Å². The number of piperidine rings is 1. The van der Waals surface area contributed by atoms with Gasteiger partial charge in [0.2, 0.25) is 11.8 Å². The zero-order valence-corrected chi connectivity index (χ0v) is 21.6. The van der Waals surface area contributed by atoms with Crippen LogP contribution in [0.25, 0.3) is 0 Å². The highest BCUT2D eigenvalue weighted by Crippen LogP contribution is 2.40. The van der Waals surface area contributed by atoms with Crippen LogP contribution in [0.5, 0.6) is 0 Å². The number of likely N-dealkylation sites (tertiary alicyclic amines) is 1. The number of carbonyl (C=O) groups excluding carboxylic acids is 3. The highest BCUT2D eigenvalue weighted by atomic mass is 16.2. The number of nitrogens with one attached hydrogen (secondary N) is 1. The zero-order valence-electron chi connectivity index (χ0n) is 21.6. The third-order valence-corrected chi connectivity index (χ3v) is 8.23. The van der Waals surface area contributed by atoms with Gasteiger partial charge in [-0.1, -0.05) is 6.92 Å². The van der Waals surface area contributed by atoms with Gasteiger partial charge in [-0.15, -0.1) is 0 Å². The van der Waals surface area contributed by atoms with E-state index in [1.54, 1.807) is 4.90 Å². The molecule has 0 radical (unpaired) electrons. The lowest BCUT2D eigenvalue weighted by molar-refractivity contribution is -0.125. The molecule has 0 spiro atoms. The molecule has 9 heteroatoms. The molecule has 4 aliphatic rings. The van der Waals surface area contributed by atoms with E-state index in [1.165, 1.54) is 0 Å². The van der Waals surface area contributed by atoms with Gasteiger partial charge in [-0.25, -0.2) is 0 Å². The Hall–Kier alpha value is -2.65. The molecule has 9 nitrogen and oxygen atoms in total. The standard InChI is InChI=1S/C27H40N6O3/c1-2-29-15-17-30(18-16-29)14-10-28-25(34)20-33-24-19-21(26(35)31-11-5-6-12-31)8-9-22(24)32-13-4-3-7-23(32)27(33)36/h8-9,19,23H,2-7,10-18,20H2,1H3,(H,28,34)/t23-/m0/s1. The maximum atomic E-state index is 13.6. The molecule has 1 aromatic carbocycles. The van der Waals surface area contributed by atoms with Gasteiger partial charge in [0.15, 0.2) is 0 Å². The molecule has 3 saturated heterocycles.